The number of rotatable bonds is 4. The summed E-state index contributed by atoms with van der Waals surface area (Å²) in [5.41, 5.74) is 2.31. The summed E-state index contributed by atoms with van der Waals surface area (Å²) in [5, 5.41) is 0.424. The van der Waals surface area contributed by atoms with Crippen molar-refractivity contribution in [1.29, 1.82) is 0 Å². The van der Waals surface area contributed by atoms with Gasteiger partial charge in [-0.05, 0) is 30.7 Å². The van der Waals surface area contributed by atoms with E-state index in [0.29, 0.717) is 16.3 Å². The van der Waals surface area contributed by atoms with Crippen LogP contribution in [0.25, 0.3) is 0 Å². The zero-order valence-electron chi connectivity index (χ0n) is 9.89. The third-order valence-corrected chi connectivity index (χ3v) is 2.89. The van der Waals surface area contributed by atoms with Crippen molar-refractivity contribution < 1.29 is 9.53 Å². The van der Waals surface area contributed by atoms with Crippen LogP contribution in [0, 0.1) is 6.92 Å². The highest BCUT2D eigenvalue weighted by Gasteiger charge is 2.09. The molecule has 2 rings (SSSR count). The molecule has 0 saturated carbocycles. The van der Waals surface area contributed by atoms with E-state index in [1.807, 2.05) is 19.1 Å². The van der Waals surface area contributed by atoms with Crippen molar-refractivity contribution in [3.63, 3.8) is 0 Å². The number of benzene rings is 1. The van der Waals surface area contributed by atoms with Gasteiger partial charge in [0.2, 0.25) is 0 Å². The molecule has 0 aliphatic carbocycles. The smallest absolute Gasteiger partial charge is 0.153 e. The summed E-state index contributed by atoms with van der Waals surface area (Å²) in [5.74, 6) is 0.402. The van der Waals surface area contributed by atoms with Crippen molar-refractivity contribution >= 4 is 17.9 Å². The minimum absolute atomic E-state index is 0.289. The first-order valence-electron chi connectivity index (χ1n) is 5.49. The van der Waals surface area contributed by atoms with Crippen LogP contribution in [0.1, 0.15) is 21.6 Å². The van der Waals surface area contributed by atoms with E-state index in [2.05, 4.69) is 4.98 Å². The molecule has 92 valence electrons. The highest BCUT2D eigenvalue weighted by molar-refractivity contribution is 6.32. The molecule has 1 heterocycles. The van der Waals surface area contributed by atoms with E-state index in [1.165, 1.54) is 0 Å². The van der Waals surface area contributed by atoms with Crippen molar-refractivity contribution in [2.75, 3.05) is 0 Å². The molecule has 18 heavy (non-hydrogen) atoms. The van der Waals surface area contributed by atoms with Gasteiger partial charge in [0.25, 0.3) is 0 Å². The summed E-state index contributed by atoms with van der Waals surface area (Å²) < 4.78 is 5.60. The summed E-state index contributed by atoms with van der Waals surface area (Å²) in [6.07, 6.45) is 2.44. The first-order chi connectivity index (χ1) is 8.72. The molecule has 1 aromatic carbocycles. The van der Waals surface area contributed by atoms with Gasteiger partial charge in [0, 0.05) is 6.20 Å². The Balaban J connectivity index is 2.21. The van der Waals surface area contributed by atoms with Crippen molar-refractivity contribution in [3.8, 4) is 5.75 Å². The van der Waals surface area contributed by atoms with E-state index in [4.69, 9.17) is 16.3 Å². The molecule has 0 spiro atoms. The molecule has 2 aromatic rings. The third kappa shape index (κ3) is 2.68. The number of ether oxygens (including phenoxy) is 1. The maximum atomic E-state index is 10.9. The number of halogens is 1. The Morgan fingerprint density at radius 2 is 2.17 bits per heavy atom. The molecule has 0 aliphatic heterocycles. The lowest BCUT2D eigenvalue weighted by atomic mass is 10.2. The number of aromatic nitrogens is 1. The molecular weight excluding hydrogens is 250 g/mol. The Bertz CT molecular complexity index is 569. The molecule has 0 saturated heterocycles. The van der Waals surface area contributed by atoms with Crippen LogP contribution in [-0.4, -0.2) is 11.3 Å². The van der Waals surface area contributed by atoms with E-state index in [9.17, 15) is 4.79 Å². The molecule has 0 atom stereocenters. The van der Waals surface area contributed by atoms with E-state index in [1.54, 1.807) is 24.4 Å². The SMILES string of the molecule is Cc1cccnc1COc1c(Cl)cccc1C=O. The van der Waals surface area contributed by atoms with Crippen LogP contribution in [0.5, 0.6) is 5.75 Å². The molecule has 0 radical (unpaired) electrons. The highest BCUT2D eigenvalue weighted by atomic mass is 35.5. The maximum absolute atomic E-state index is 10.9. The summed E-state index contributed by atoms with van der Waals surface area (Å²) in [6, 6.07) is 8.89. The number of carbonyl (C=O) groups is 1. The Morgan fingerprint density at radius 3 is 2.89 bits per heavy atom. The van der Waals surface area contributed by atoms with E-state index >= 15 is 0 Å². The molecule has 0 unspecified atom stereocenters. The Hall–Kier alpha value is -1.87. The van der Waals surface area contributed by atoms with Crippen molar-refractivity contribution in [1.82, 2.24) is 4.98 Å². The second kappa shape index (κ2) is 5.65. The second-order valence-corrected chi connectivity index (χ2v) is 4.24. The average Bonchev–Trinajstić information content (AvgIpc) is 2.39. The Morgan fingerprint density at radius 1 is 1.33 bits per heavy atom. The fraction of sp³-hybridized carbons (Fsp3) is 0.143. The first kappa shape index (κ1) is 12.6. The number of pyridine rings is 1. The van der Waals surface area contributed by atoms with Gasteiger partial charge in [-0.25, -0.2) is 0 Å². The van der Waals surface area contributed by atoms with Gasteiger partial charge < -0.3 is 4.74 Å². The van der Waals surface area contributed by atoms with Gasteiger partial charge in [-0.2, -0.15) is 0 Å². The zero-order valence-corrected chi connectivity index (χ0v) is 10.6. The number of aldehydes is 1. The number of para-hydroxylation sites is 1. The van der Waals surface area contributed by atoms with Gasteiger partial charge in [0.1, 0.15) is 12.4 Å². The van der Waals surface area contributed by atoms with Crippen molar-refractivity contribution in [2.45, 2.75) is 13.5 Å². The molecule has 1 aromatic heterocycles. The van der Waals surface area contributed by atoms with Crippen LogP contribution in [0.4, 0.5) is 0 Å². The van der Waals surface area contributed by atoms with Crippen molar-refractivity contribution in [2.24, 2.45) is 0 Å². The molecule has 3 nitrogen and oxygen atoms in total. The normalized spacial score (nSPS) is 10.1. The standard InChI is InChI=1S/C14H12ClNO2/c1-10-4-3-7-16-13(10)9-18-14-11(8-17)5-2-6-12(14)15/h2-8H,9H2,1H3. The number of hydrogen-bond acceptors (Lipinski definition) is 3. The van der Waals surface area contributed by atoms with E-state index in [-0.39, 0.29) is 6.61 Å². The predicted molar refractivity (Wildman–Crippen MR) is 70.1 cm³/mol. The van der Waals surface area contributed by atoms with Gasteiger partial charge in [0.15, 0.2) is 6.29 Å². The first-order valence-corrected chi connectivity index (χ1v) is 5.87. The third-order valence-electron chi connectivity index (χ3n) is 2.60. The van der Waals surface area contributed by atoms with Gasteiger partial charge in [-0.15, -0.1) is 0 Å². The highest BCUT2D eigenvalue weighted by Crippen LogP contribution is 2.28. The topological polar surface area (TPSA) is 39.2 Å². The predicted octanol–water partition coefficient (Wildman–Crippen LogP) is 3.43. The van der Waals surface area contributed by atoms with Crippen LogP contribution in [0.2, 0.25) is 5.02 Å². The van der Waals surface area contributed by atoms with Crippen LogP contribution in [0.3, 0.4) is 0 Å². The second-order valence-electron chi connectivity index (χ2n) is 3.83. The molecule has 4 heteroatoms. The largest absolute Gasteiger partial charge is 0.485 e. The number of nitrogens with zero attached hydrogens (tertiary/aromatic N) is 1. The molecule has 0 aliphatic rings. The Labute approximate surface area is 110 Å². The van der Waals surface area contributed by atoms with Gasteiger partial charge >= 0.3 is 0 Å². The summed E-state index contributed by atoms with van der Waals surface area (Å²) in [4.78, 5) is 15.1. The average molecular weight is 262 g/mol. The van der Waals surface area contributed by atoms with Gasteiger partial charge in [-0.3, -0.25) is 9.78 Å². The number of hydrogen-bond donors (Lipinski definition) is 0. The Kier molecular flexibility index (Phi) is 3.95. The van der Waals surface area contributed by atoms with Crippen molar-refractivity contribution in [3.05, 3.63) is 58.4 Å². The fourth-order valence-electron chi connectivity index (χ4n) is 1.58. The number of carbonyl (C=O) groups excluding carboxylic acids is 1. The molecule has 0 amide bonds. The van der Waals surface area contributed by atoms with E-state index in [0.717, 1.165) is 17.5 Å². The summed E-state index contributed by atoms with van der Waals surface area (Å²) in [6.45, 7) is 2.25. The van der Waals surface area contributed by atoms with E-state index < -0.39 is 0 Å². The number of aryl methyl sites for hydroxylation is 1. The quantitative estimate of drug-likeness (QED) is 0.792. The van der Waals surface area contributed by atoms with Gasteiger partial charge in [-0.1, -0.05) is 23.7 Å². The molecule has 0 N–H and O–H groups in total. The molecular formula is C14H12ClNO2. The molecule has 0 bridgehead atoms. The fourth-order valence-corrected chi connectivity index (χ4v) is 1.82. The minimum atomic E-state index is 0.289. The lowest BCUT2D eigenvalue weighted by molar-refractivity contribution is 0.111. The zero-order chi connectivity index (χ0) is 13.0. The van der Waals surface area contributed by atoms with Gasteiger partial charge in [0.05, 0.1) is 16.3 Å². The lowest BCUT2D eigenvalue weighted by Crippen LogP contribution is -2.02. The van der Waals surface area contributed by atoms with Crippen LogP contribution >= 0.6 is 11.6 Å². The van der Waals surface area contributed by atoms with Crippen LogP contribution < -0.4 is 4.74 Å². The maximum Gasteiger partial charge on any atom is 0.153 e. The summed E-state index contributed by atoms with van der Waals surface area (Å²) in [7, 11) is 0. The van der Waals surface area contributed by atoms with Crippen LogP contribution in [0.15, 0.2) is 36.5 Å². The summed E-state index contributed by atoms with van der Waals surface area (Å²) >= 11 is 6.01. The van der Waals surface area contributed by atoms with Crippen LogP contribution in [-0.2, 0) is 6.61 Å². The lowest BCUT2D eigenvalue weighted by Gasteiger charge is -2.10. The minimum Gasteiger partial charge on any atom is -0.485 e. The monoisotopic (exact) mass is 261 g/mol. The molecule has 0 fully saturated rings.